The van der Waals surface area contributed by atoms with E-state index in [0.29, 0.717) is 23.9 Å². The van der Waals surface area contributed by atoms with E-state index in [1.807, 2.05) is 11.5 Å². The summed E-state index contributed by atoms with van der Waals surface area (Å²) in [7, 11) is 0. The fourth-order valence-electron chi connectivity index (χ4n) is 2.50. The summed E-state index contributed by atoms with van der Waals surface area (Å²) in [5.74, 6) is 0.835. The molecule has 0 aliphatic rings. The van der Waals surface area contributed by atoms with Gasteiger partial charge in [0, 0.05) is 30.1 Å². The number of rotatable bonds is 6. The lowest BCUT2D eigenvalue weighted by atomic mass is 10.2. The molecule has 9 heteroatoms. The summed E-state index contributed by atoms with van der Waals surface area (Å²) >= 11 is 1.40. The highest BCUT2D eigenvalue weighted by molar-refractivity contribution is 7.99. The SMILES string of the molecule is CCn1c(CCN)nnc1Sc1ccc([N+](=O)[O-])c2cccnc12. The molecule has 0 atom stereocenters. The number of fused-ring (bicyclic) bond motifs is 1. The fraction of sp³-hybridized carbons (Fsp3) is 0.267. The molecule has 0 bridgehead atoms. The van der Waals surface area contributed by atoms with E-state index < -0.39 is 4.92 Å². The Balaban J connectivity index is 2.06. The maximum atomic E-state index is 11.2. The third-order valence-corrected chi connectivity index (χ3v) is 4.62. The molecule has 0 radical (unpaired) electrons. The number of aromatic nitrogens is 4. The monoisotopic (exact) mass is 344 g/mol. The first-order valence-electron chi connectivity index (χ1n) is 7.47. The van der Waals surface area contributed by atoms with Crippen molar-refractivity contribution in [3.8, 4) is 0 Å². The van der Waals surface area contributed by atoms with Gasteiger partial charge in [-0.2, -0.15) is 0 Å². The van der Waals surface area contributed by atoms with Crippen LogP contribution in [0.25, 0.3) is 10.9 Å². The minimum Gasteiger partial charge on any atom is -0.330 e. The molecule has 124 valence electrons. The predicted octanol–water partition coefficient (Wildman–Crippen LogP) is 2.41. The number of nitrogens with zero attached hydrogens (tertiary/aromatic N) is 5. The Hall–Kier alpha value is -2.52. The second-order valence-electron chi connectivity index (χ2n) is 5.02. The highest BCUT2D eigenvalue weighted by atomic mass is 32.2. The molecular weight excluding hydrogens is 328 g/mol. The van der Waals surface area contributed by atoms with Crippen LogP contribution >= 0.6 is 11.8 Å². The Morgan fingerprint density at radius 3 is 2.88 bits per heavy atom. The van der Waals surface area contributed by atoms with E-state index >= 15 is 0 Å². The van der Waals surface area contributed by atoms with Crippen LogP contribution in [0.1, 0.15) is 12.7 Å². The van der Waals surface area contributed by atoms with Gasteiger partial charge in [-0.25, -0.2) is 0 Å². The quantitative estimate of drug-likeness (QED) is 0.539. The molecular formula is C15H16N6O2S. The smallest absolute Gasteiger partial charge is 0.278 e. The molecule has 1 aromatic carbocycles. The summed E-state index contributed by atoms with van der Waals surface area (Å²) in [5, 5.41) is 20.8. The van der Waals surface area contributed by atoms with E-state index in [-0.39, 0.29) is 5.69 Å². The van der Waals surface area contributed by atoms with Crippen molar-refractivity contribution >= 4 is 28.4 Å². The molecule has 0 unspecified atom stereocenters. The highest BCUT2D eigenvalue weighted by Gasteiger charge is 2.18. The van der Waals surface area contributed by atoms with Crippen molar-refractivity contribution in [1.29, 1.82) is 0 Å². The number of non-ortho nitro benzene ring substituents is 1. The number of nitro groups is 1. The minimum absolute atomic E-state index is 0.0447. The topological polar surface area (TPSA) is 113 Å². The van der Waals surface area contributed by atoms with Gasteiger partial charge in [0.25, 0.3) is 5.69 Å². The van der Waals surface area contributed by atoms with Crippen LogP contribution in [0.2, 0.25) is 0 Å². The van der Waals surface area contributed by atoms with Crippen LogP contribution in [0, 0.1) is 10.1 Å². The first kappa shape index (κ1) is 16.3. The number of benzene rings is 1. The fourth-order valence-corrected chi connectivity index (χ4v) is 3.52. The molecule has 24 heavy (non-hydrogen) atoms. The van der Waals surface area contributed by atoms with Crippen molar-refractivity contribution in [1.82, 2.24) is 19.7 Å². The maximum absolute atomic E-state index is 11.2. The van der Waals surface area contributed by atoms with Crippen LogP contribution in [-0.2, 0) is 13.0 Å². The Bertz CT molecular complexity index is 895. The molecule has 0 aliphatic carbocycles. The number of hydrogen-bond donors (Lipinski definition) is 1. The zero-order valence-electron chi connectivity index (χ0n) is 13.0. The molecule has 0 fully saturated rings. The normalized spacial score (nSPS) is 11.1. The lowest BCUT2D eigenvalue weighted by Crippen LogP contribution is -2.09. The van der Waals surface area contributed by atoms with E-state index in [1.54, 1.807) is 24.4 Å². The van der Waals surface area contributed by atoms with Crippen LogP contribution < -0.4 is 5.73 Å². The van der Waals surface area contributed by atoms with Gasteiger partial charge in [-0.05, 0) is 43.4 Å². The molecule has 2 aromatic heterocycles. The van der Waals surface area contributed by atoms with Gasteiger partial charge in [0.15, 0.2) is 5.16 Å². The molecule has 8 nitrogen and oxygen atoms in total. The Morgan fingerprint density at radius 2 is 2.17 bits per heavy atom. The summed E-state index contributed by atoms with van der Waals surface area (Å²) in [6.07, 6.45) is 2.28. The van der Waals surface area contributed by atoms with E-state index in [2.05, 4.69) is 15.2 Å². The highest BCUT2D eigenvalue weighted by Crippen LogP contribution is 2.35. The van der Waals surface area contributed by atoms with Gasteiger partial charge >= 0.3 is 0 Å². The van der Waals surface area contributed by atoms with Crippen LogP contribution in [0.5, 0.6) is 0 Å². The largest absolute Gasteiger partial charge is 0.330 e. The zero-order valence-corrected chi connectivity index (χ0v) is 13.9. The van der Waals surface area contributed by atoms with Crippen molar-refractivity contribution in [3.63, 3.8) is 0 Å². The molecule has 0 saturated carbocycles. The Kier molecular flexibility index (Phi) is 4.72. The average Bonchev–Trinajstić information content (AvgIpc) is 2.96. The van der Waals surface area contributed by atoms with Gasteiger partial charge in [-0.15, -0.1) is 10.2 Å². The van der Waals surface area contributed by atoms with Gasteiger partial charge in [0.1, 0.15) is 5.82 Å². The molecule has 2 heterocycles. The van der Waals surface area contributed by atoms with Crippen molar-refractivity contribution in [2.45, 2.75) is 29.9 Å². The van der Waals surface area contributed by atoms with Crippen LogP contribution in [0.15, 0.2) is 40.5 Å². The Morgan fingerprint density at radius 1 is 1.33 bits per heavy atom. The Labute approximate surface area is 142 Å². The van der Waals surface area contributed by atoms with Crippen molar-refractivity contribution in [3.05, 3.63) is 46.4 Å². The molecule has 0 spiro atoms. The van der Waals surface area contributed by atoms with E-state index in [1.165, 1.54) is 17.8 Å². The van der Waals surface area contributed by atoms with Crippen LogP contribution in [-0.4, -0.2) is 31.2 Å². The number of nitrogens with two attached hydrogens (primary N) is 1. The predicted molar refractivity (Wildman–Crippen MR) is 91.0 cm³/mol. The van der Waals surface area contributed by atoms with E-state index in [0.717, 1.165) is 22.4 Å². The third-order valence-electron chi connectivity index (χ3n) is 3.59. The number of nitro benzene ring substituents is 1. The second-order valence-corrected chi connectivity index (χ2v) is 6.03. The first-order valence-corrected chi connectivity index (χ1v) is 8.29. The summed E-state index contributed by atoms with van der Waals surface area (Å²) in [5.41, 5.74) is 6.23. The average molecular weight is 344 g/mol. The van der Waals surface area contributed by atoms with Crippen LogP contribution in [0.3, 0.4) is 0 Å². The maximum Gasteiger partial charge on any atom is 0.278 e. The van der Waals surface area contributed by atoms with E-state index in [4.69, 9.17) is 5.73 Å². The molecule has 2 N–H and O–H groups in total. The van der Waals surface area contributed by atoms with Gasteiger partial charge in [0.2, 0.25) is 0 Å². The van der Waals surface area contributed by atoms with Gasteiger partial charge in [-0.3, -0.25) is 15.1 Å². The van der Waals surface area contributed by atoms with Crippen molar-refractivity contribution < 1.29 is 4.92 Å². The lowest BCUT2D eigenvalue weighted by Gasteiger charge is -2.08. The number of pyridine rings is 1. The van der Waals surface area contributed by atoms with Crippen molar-refractivity contribution in [2.24, 2.45) is 5.73 Å². The summed E-state index contributed by atoms with van der Waals surface area (Å²) in [6.45, 7) is 3.24. The molecule has 0 amide bonds. The van der Waals surface area contributed by atoms with E-state index in [9.17, 15) is 10.1 Å². The standard InChI is InChI=1S/C15H16N6O2S/c1-2-20-13(7-8-16)18-19-15(20)24-12-6-5-11(21(22)23)10-4-3-9-17-14(10)12/h3-6,9H,2,7-8,16H2,1H3. The molecule has 0 saturated heterocycles. The van der Waals surface area contributed by atoms with Gasteiger partial charge in [-0.1, -0.05) is 0 Å². The summed E-state index contributed by atoms with van der Waals surface area (Å²) in [6, 6.07) is 6.60. The molecule has 3 rings (SSSR count). The van der Waals surface area contributed by atoms with Gasteiger partial charge < -0.3 is 10.3 Å². The molecule has 3 aromatic rings. The number of hydrogen-bond acceptors (Lipinski definition) is 7. The minimum atomic E-state index is -0.396. The molecule has 0 aliphatic heterocycles. The second kappa shape index (κ2) is 6.93. The summed E-state index contributed by atoms with van der Waals surface area (Å²) < 4.78 is 1.99. The van der Waals surface area contributed by atoms with Crippen LogP contribution in [0.4, 0.5) is 5.69 Å². The summed E-state index contributed by atoms with van der Waals surface area (Å²) in [4.78, 5) is 15.9. The lowest BCUT2D eigenvalue weighted by molar-refractivity contribution is -0.383. The third kappa shape index (κ3) is 2.95. The first-order chi connectivity index (χ1) is 11.7. The van der Waals surface area contributed by atoms with Gasteiger partial charge in [0.05, 0.1) is 15.8 Å². The van der Waals surface area contributed by atoms with Crippen molar-refractivity contribution in [2.75, 3.05) is 6.54 Å². The zero-order chi connectivity index (χ0) is 17.1.